The maximum Gasteiger partial charge on any atom is 0.303 e. The number of hydrogen-bond acceptors (Lipinski definition) is 5. The molecule has 0 saturated heterocycles. The van der Waals surface area contributed by atoms with Crippen molar-refractivity contribution in [1.82, 2.24) is 19.5 Å². The standard InChI is InChI=1S/C13H16N4O4S/c18-13(19)6-3-7-16-22(20,21)12-5-2-1-4-11(12)8-17-10-14-9-15-17/h1-2,4-5,9-10,16H,3,6-8H2,(H,18,19). The van der Waals surface area contributed by atoms with E-state index in [1.54, 1.807) is 18.2 Å². The number of carboxylic acid groups (broad SMARTS) is 1. The second-order valence-electron chi connectivity index (χ2n) is 4.60. The molecule has 0 aliphatic heterocycles. The molecule has 9 heteroatoms. The Hall–Kier alpha value is -2.26. The van der Waals surface area contributed by atoms with Crippen LogP contribution in [0.3, 0.4) is 0 Å². The second-order valence-corrected chi connectivity index (χ2v) is 6.33. The zero-order valence-corrected chi connectivity index (χ0v) is 12.5. The zero-order valence-electron chi connectivity index (χ0n) is 11.7. The number of nitrogens with zero attached hydrogens (tertiary/aromatic N) is 3. The fraction of sp³-hybridized carbons (Fsp3) is 0.308. The van der Waals surface area contributed by atoms with Gasteiger partial charge in [0.25, 0.3) is 0 Å². The van der Waals surface area contributed by atoms with Gasteiger partial charge in [-0.05, 0) is 18.1 Å². The highest BCUT2D eigenvalue weighted by Gasteiger charge is 2.18. The molecule has 0 spiro atoms. The summed E-state index contributed by atoms with van der Waals surface area (Å²) in [7, 11) is -3.70. The molecule has 0 unspecified atom stereocenters. The van der Waals surface area contributed by atoms with E-state index in [1.807, 2.05) is 0 Å². The summed E-state index contributed by atoms with van der Waals surface area (Å²) in [5.74, 6) is -0.953. The molecular formula is C13H16N4O4S. The first-order valence-corrected chi connectivity index (χ1v) is 8.09. The van der Waals surface area contributed by atoms with Crippen LogP contribution in [0.25, 0.3) is 0 Å². The zero-order chi connectivity index (χ0) is 16.0. The fourth-order valence-electron chi connectivity index (χ4n) is 1.91. The molecule has 8 nitrogen and oxygen atoms in total. The van der Waals surface area contributed by atoms with Crippen molar-refractivity contribution in [2.24, 2.45) is 0 Å². The van der Waals surface area contributed by atoms with Crippen molar-refractivity contribution in [3.8, 4) is 0 Å². The van der Waals surface area contributed by atoms with Gasteiger partial charge in [-0.2, -0.15) is 5.10 Å². The summed E-state index contributed by atoms with van der Waals surface area (Å²) in [6.45, 7) is 0.360. The number of aromatic nitrogens is 3. The molecule has 0 atom stereocenters. The van der Waals surface area contributed by atoms with E-state index in [1.165, 1.54) is 23.4 Å². The van der Waals surface area contributed by atoms with Crippen LogP contribution in [0, 0.1) is 0 Å². The molecule has 0 radical (unpaired) electrons. The van der Waals surface area contributed by atoms with Gasteiger partial charge in [-0.15, -0.1) is 0 Å². The van der Waals surface area contributed by atoms with Crippen LogP contribution >= 0.6 is 0 Å². The highest BCUT2D eigenvalue weighted by molar-refractivity contribution is 7.89. The van der Waals surface area contributed by atoms with Gasteiger partial charge in [0.05, 0.1) is 11.4 Å². The Morgan fingerprint density at radius 1 is 1.32 bits per heavy atom. The normalized spacial score (nSPS) is 11.5. The lowest BCUT2D eigenvalue weighted by molar-refractivity contribution is -0.137. The van der Waals surface area contributed by atoms with Gasteiger partial charge in [-0.25, -0.2) is 22.8 Å². The molecule has 118 valence electrons. The highest BCUT2D eigenvalue weighted by Crippen LogP contribution is 2.16. The minimum atomic E-state index is -3.70. The summed E-state index contributed by atoms with van der Waals surface area (Å²) in [4.78, 5) is 14.4. The first kappa shape index (κ1) is 16.1. The molecule has 0 aliphatic carbocycles. The molecule has 0 saturated carbocycles. The van der Waals surface area contributed by atoms with Crippen LogP contribution in [0.4, 0.5) is 0 Å². The summed E-state index contributed by atoms with van der Waals surface area (Å²) in [6, 6.07) is 6.59. The van der Waals surface area contributed by atoms with Crippen LogP contribution in [0.2, 0.25) is 0 Å². The summed E-state index contributed by atoms with van der Waals surface area (Å²) < 4.78 is 28.6. The molecule has 1 heterocycles. The van der Waals surface area contributed by atoms with Crippen LogP contribution in [0.1, 0.15) is 18.4 Å². The molecule has 0 amide bonds. The number of aliphatic carboxylic acids is 1. The number of benzene rings is 1. The Morgan fingerprint density at radius 2 is 2.09 bits per heavy atom. The van der Waals surface area contributed by atoms with Crippen LogP contribution in [0.15, 0.2) is 41.8 Å². The number of nitrogens with one attached hydrogen (secondary N) is 1. The predicted octanol–water partition coefficient (Wildman–Crippen LogP) is 0.469. The molecule has 0 bridgehead atoms. The predicted molar refractivity (Wildman–Crippen MR) is 77.6 cm³/mol. The van der Waals surface area contributed by atoms with Gasteiger partial charge in [0, 0.05) is 13.0 Å². The van der Waals surface area contributed by atoms with Gasteiger partial charge >= 0.3 is 5.97 Å². The van der Waals surface area contributed by atoms with E-state index in [0.29, 0.717) is 5.56 Å². The molecule has 2 aromatic rings. The van der Waals surface area contributed by atoms with Crippen LogP contribution in [-0.2, 0) is 21.4 Å². The number of sulfonamides is 1. The smallest absolute Gasteiger partial charge is 0.303 e. The molecule has 2 N–H and O–H groups in total. The number of rotatable bonds is 8. The van der Waals surface area contributed by atoms with Crippen molar-refractivity contribution in [3.05, 3.63) is 42.5 Å². The van der Waals surface area contributed by atoms with Crippen molar-refractivity contribution < 1.29 is 18.3 Å². The summed E-state index contributed by atoms with van der Waals surface area (Å²) in [6.07, 6.45) is 3.04. The Labute approximate surface area is 127 Å². The molecule has 2 rings (SSSR count). The molecular weight excluding hydrogens is 308 g/mol. The third-order valence-electron chi connectivity index (χ3n) is 2.92. The average Bonchev–Trinajstić information content (AvgIpc) is 2.97. The van der Waals surface area contributed by atoms with Crippen molar-refractivity contribution >= 4 is 16.0 Å². The summed E-state index contributed by atoms with van der Waals surface area (Å²) in [5.41, 5.74) is 0.582. The van der Waals surface area contributed by atoms with E-state index < -0.39 is 16.0 Å². The minimum Gasteiger partial charge on any atom is -0.481 e. The van der Waals surface area contributed by atoms with Gasteiger partial charge in [0.2, 0.25) is 10.0 Å². The first-order chi connectivity index (χ1) is 10.5. The van der Waals surface area contributed by atoms with Crippen LogP contribution in [0.5, 0.6) is 0 Å². The topological polar surface area (TPSA) is 114 Å². The van der Waals surface area contributed by atoms with Crippen LogP contribution in [-0.4, -0.2) is 40.8 Å². The Morgan fingerprint density at radius 3 is 2.77 bits per heavy atom. The molecule has 0 aliphatic rings. The third kappa shape index (κ3) is 4.37. The van der Waals surface area contributed by atoms with Crippen molar-refractivity contribution in [1.29, 1.82) is 0 Å². The van der Waals surface area contributed by atoms with Gasteiger partial charge in [-0.1, -0.05) is 18.2 Å². The monoisotopic (exact) mass is 324 g/mol. The van der Waals surface area contributed by atoms with Crippen molar-refractivity contribution in [2.75, 3.05) is 6.54 Å². The summed E-state index contributed by atoms with van der Waals surface area (Å²) >= 11 is 0. The van der Waals surface area contributed by atoms with E-state index in [-0.39, 0.29) is 30.8 Å². The Balaban J connectivity index is 2.11. The highest BCUT2D eigenvalue weighted by atomic mass is 32.2. The molecule has 0 fully saturated rings. The lowest BCUT2D eigenvalue weighted by Gasteiger charge is -2.11. The first-order valence-electron chi connectivity index (χ1n) is 6.61. The van der Waals surface area contributed by atoms with E-state index in [0.717, 1.165) is 0 Å². The molecule has 22 heavy (non-hydrogen) atoms. The average molecular weight is 324 g/mol. The number of carboxylic acids is 1. The van der Waals surface area contributed by atoms with Gasteiger partial charge < -0.3 is 5.11 Å². The molecule has 1 aromatic carbocycles. The number of carbonyl (C=O) groups is 1. The van der Waals surface area contributed by atoms with E-state index >= 15 is 0 Å². The quantitative estimate of drug-likeness (QED) is 0.682. The van der Waals surface area contributed by atoms with Crippen molar-refractivity contribution in [2.45, 2.75) is 24.3 Å². The lowest BCUT2D eigenvalue weighted by atomic mass is 10.2. The van der Waals surface area contributed by atoms with Gasteiger partial charge in [0.15, 0.2) is 0 Å². The summed E-state index contributed by atoms with van der Waals surface area (Å²) in [5, 5.41) is 12.5. The second kappa shape index (κ2) is 7.14. The van der Waals surface area contributed by atoms with Crippen LogP contribution < -0.4 is 4.72 Å². The fourth-order valence-corrected chi connectivity index (χ4v) is 3.21. The largest absolute Gasteiger partial charge is 0.481 e. The van der Waals surface area contributed by atoms with E-state index in [4.69, 9.17) is 5.11 Å². The maximum absolute atomic E-state index is 12.3. The van der Waals surface area contributed by atoms with Gasteiger partial charge in [-0.3, -0.25) is 4.79 Å². The van der Waals surface area contributed by atoms with E-state index in [9.17, 15) is 13.2 Å². The number of hydrogen-bond donors (Lipinski definition) is 2. The Bertz CT molecular complexity index is 728. The third-order valence-corrected chi connectivity index (χ3v) is 4.48. The minimum absolute atomic E-state index is 0.0757. The SMILES string of the molecule is O=C(O)CCCNS(=O)(=O)c1ccccc1Cn1cncn1. The maximum atomic E-state index is 12.3. The lowest BCUT2D eigenvalue weighted by Crippen LogP contribution is -2.26. The van der Waals surface area contributed by atoms with Crippen molar-refractivity contribution in [3.63, 3.8) is 0 Å². The van der Waals surface area contributed by atoms with Gasteiger partial charge in [0.1, 0.15) is 12.7 Å². The Kier molecular flexibility index (Phi) is 5.23. The molecule has 1 aromatic heterocycles. The van der Waals surface area contributed by atoms with E-state index in [2.05, 4.69) is 14.8 Å².